The van der Waals surface area contributed by atoms with Gasteiger partial charge in [0.1, 0.15) is 6.61 Å². The molecule has 5 heteroatoms. The molecule has 0 heterocycles. The van der Waals surface area contributed by atoms with E-state index in [9.17, 15) is 4.79 Å². The Morgan fingerprint density at radius 3 is 2.20 bits per heavy atom. The van der Waals surface area contributed by atoms with Crippen molar-refractivity contribution in [2.45, 2.75) is 19.3 Å². The third-order valence-electron chi connectivity index (χ3n) is 3.11. The maximum Gasteiger partial charge on any atom is 0.158 e. The normalized spacial score (nSPS) is 10.6. The van der Waals surface area contributed by atoms with E-state index in [4.69, 9.17) is 28.3 Å². The molecule has 0 aliphatic carbocycles. The Morgan fingerprint density at radius 1 is 1.10 bits per heavy atom. The molecule has 0 spiro atoms. The Bertz CT molecular complexity index is 389. The third-order valence-corrected chi connectivity index (χ3v) is 3.45. The zero-order valence-electron chi connectivity index (χ0n) is 11.5. The van der Waals surface area contributed by atoms with Crippen molar-refractivity contribution in [1.82, 2.24) is 0 Å². The number of nitrogens with zero attached hydrogens (tertiary/aromatic N) is 1. The standard InChI is InChI=1S/C15H21Cl2NO2/c16-8-10-18(11-9-17)14-6-4-13(5-7-14)2-1-3-15(20)12-19/h4-7,19H,1-3,8-12H2. The lowest BCUT2D eigenvalue weighted by Gasteiger charge is -2.23. The van der Waals surface area contributed by atoms with Crippen LogP contribution >= 0.6 is 23.2 Å². The van der Waals surface area contributed by atoms with Crippen LogP contribution in [0.25, 0.3) is 0 Å². The molecule has 0 saturated carbocycles. The van der Waals surface area contributed by atoms with E-state index in [1.54, 1.807) is 0 Å². The first-order chi connectivity index (χ1) is 9.71. The molecule has 1 aromatic carbocycles. The molecular weight excluding hydrogens is 297 g/mol. The molecular formula is C15H21Cl2NO2. The fourth-order valence-electron chi connectivity index (χ4n) is 2.02. The number of carbonyl (C=O) groups excluding carboxylic acids is 1. The molecule has 0 saturated heterocycles. The number of benzene rings is 1. The monoisotopic (exact) mass is 317 g/mol. The average Bonchev–Trinajstić information content (AvgIpc) is 2.47. The van der Waals surface area contributed by atoms with Crippen molar-refractivity contribution >= 4 is 34.7 Å². The van der Waals surface area contributed by atoms with Gasteiger partial charge in [-0.3, -0.25) is 4.79 Å². The number of carbonyl (C=O) groups is 1. The van der Waals surface area contributed by atoms with E-state index in [0.717, 1.165) is 31.6 Å². The molecule has 0 atom stereocenters. The van der Waals surface area contributed by atoms with Crippen molar-refractivity contribution < 1.29 is 9.90 Å². The first-order valence-electron chi connectivity index (χ1n) is 6.79. The topological polar surface area (TPSA) is 40.5 Å². The zero-order valence-corrected chi connectivity index (χ0v) is 13.0. The van der Waals surface area contributed by atoms with Crippen LogP contribution in [0.2, 0.25) is 0 Å². The molecule has 0 fully saturated rings. The van der Waals surface area contributed by atoms with Gasteiger partial charge >= 0.3 is 0 Å². The van der Waals surface area contributed by atoms with Crippen LogP contribution in [-0.2, 0) is 11.2 Å². The van der Waals surface area contributed by atoms with Crippen LogP contribution in [0.4, 0.5) is 5.69 Å². The highest BCUT2D eigenvalue weighted by atomic mass is 35.5. The summed E-state index contributed by atoms with van der Waals surface area (Å²) < 4.78 is 0. The molecule has 0 aliphatic heterocycles. The molecule has 1 N–H and O–H groups in total. The molecule has 0 bridgehead atoms. The summed E-state index contributed by atoms with van der Waals surface area (Å²) in [6, 6.07) is 8.24. The Labute approximate surface area is 130 Å². The molecule has 0 aromatic heterocycles. The van der Waals surface area contributed by atoms with Gasteiger partial charge in [0.15, 0.2) is 5.78 Å². The maximum absolute atomic E-state index is 11.0. The fourth-order valence-corrected chi connectivity index (χ4v) is 2.42. The number of ketones is 1. The molecule has 1 aromatic rings. The van der Waals surface area contributed by atoms with Crippen LogP contribution in [0.5, 0.6) is 0 Å². The van der Waals surface area contributed by atoms with Gasteiger partial charge in [0.05, 0.1) is 0 Å². The predicted octanol–water partition coefficient (Wildman–Crippen LogP) is 2.85. The van der Waals surface area contributed by atoms with Crippen molar-refractivity contribution in [2.24, 2.45) is 0 Å². The summed E-state index contributed by atoms with van der Waals surface area (Å²) in [5.41, 5.74) is 2.30. The van der Waals surface area contributed by atoms with Gasteiger partial charge < -0.3 is 10.0 Å². The Kier molecular flexibility index (Phi) is 8.67. The van der Waals surface area contributed by atoms with Crippen LogP contribution in [0, 0.1) is 0 Å². The number of Topliss-reactive ketones (excluding diaryl/α,β-unsaturated/α-hetero) is 1. The number of hydrogen-bond acceptors (Lipinski definition) is 3. The van der Waals surface area contributed by atoms with Gasteiger partial charge in [-0.05, 0) is 30.5 Å². The molecule has 0 radical (unpaired) electrons. The van der Waals surface area contributed by atoms with Crippen molar-refractivity contribution in [1.29, 1.82) is 0 Å². The van der Waals surface area contributed by atoms with E-state index in [1.165, 1.54) is 5.56 Å². The van der Waals surface area contributed by atoms with Crippen LogP contribution in [0.1, 0.15) is 18.4 Å². The van der Waals surface area contributed by atoms with E-state index in [2.05, 4.69) is 29.2 Å². The van der Waals surface area contributed by atoms with Gasteiger partial charge in [-0.15, -0.1) is 23.2 Å². The van der Waals surface area contributed by atoms with E-state index in [1.807, 2.05) is 0 Å². The second-order valence-electron chi connectivity index (χ2n) is 4.58. The van der Waals surface area contributed by atoms with Gasteiger partial charge in [0.2, 0.25) is 0 Å². The summed E-state index contributed by atoms with van der Waals surface area (Å²) in [5.74, 6) is 1.04. The number of aryl methyl sites for hydroxylation is 1. The minimum absolute atomic E-state index is 0.1000. The number of aliphatic hydroxyl groups excluding tert-OH is 1. The average molecular weight is 318 g/mol. The van der Waals surface area contributed by atoms with Crippen LogP contribution in [-0.4, -0.2) is 42.3 Å². The van der Waals surface area contributed by atoms with E-state index in [-0.39, 0.29) is 12.4 Å². The molecule has 1 rings (SSSR count). The van der Waals surface area contributed by atoms with Gasteiger partial charge in [0.25, 0.3) is 0 Å². The lowest BCUT2D eigenvalue weighted by molar-refractivity contribution is -0.121. The number of rotatable bonds is 10. The third kappa shape index (κ3) is 6.12. The number of alkyl halides is 2. The SMILES string of the molecule is O=C(CO)CCCc1ccc(N(CCCl)CCCl)cc1. The molecule has 112 valence electrons. The lowest BCUT2D eigenvalue weighted by atomic mass is 10.1. The summed E-state index contributed by atoms with van der Waals surface area (Å²) in [5, 5.41) is 8.65. The van der Waals surface area contributed by atoms with Gasteiger partial charge in [-0.2, -0.15) is 0 Å². The summed E-state index contributed by atoms with van der Waals surface area (Å²) >= 11 is 11.6. The summed E-state index contributed by atoms with van der Waals surface area (Å²) in [6.07, 6.45) is 2.05. The highest BCUT2D eigenvalue weighted by Gasteiger charge is 2.05. The first kappa shape index (κ1) is 17.3. The smallest absolute Gasteiger partial charge is 0.158 e. The molecule has 0 amide bonds. The maximum atomic E-state index is 11.0. The van der Waals surface area contributed by atoms with Crippen LogP contribution in [0.15, 0.2) is 24.3 Å². The highest BCUT2D eigenvalue weighted by Crippen LogP contribution is 2.16. The van der Waals surface area contributed by atoms with E-state index >= 15 is 0 Å². The Balaban J connectivity index is 2.51. The highest BCUT2D eigenvalue weighted by molar-refractivity contribution is 6.18. The largest absolute Gasteiger partial charge is 0.389 e. The second-order valence-corrected chi connectivity index (χ2v) is 5.34. The number of aliphatic hydroxyl groups is 1. The van der Waals surface area contributed by atoms with Crippen molar-refractivity contribution in [3.8, 4) is 0 Å². The Hall–Kier alpha value is -0.770. The van der Waals surface area contributed by atoms with Gasteiger partial charge in [-0.1, -0.05) is 12.1 Å². The number of anilines is 1. The van der Waals surface area contributed by atoms with E-state index in [0.29, 0.717) is 18.2 Å². The van der Waals surface area contributed by atoms with Gasteiger partial charge in [0, 0.05) is 37.0 Å². The molecule has 20 heavy (non-hydrogen) atoms. The van der Waals surface area contributed by atoms with Crippen molar-refractivity contribution in [3.05, 3.63) is 29.8 Å². The number of hydrogen-bond donors (Lipinski definition) is 1. The van der Waals surface area contributed by atoms with Crippen molar-refractivity contribution in [2.75, 3.05) is 36.4 Å². The lowest BCUT2D eigenvalue weighted by Crippen LogP contribution is -2.27. The summed E-state index contributed by atoms with van der Waals surface area (Å²) in [4.78, 5) is 13.2. The second kappa shape index (κ2) is 10.0. The van der Waals surface area contributed by atoms with Crippen LogP contribution in [0.3, 0.4) is 0 Å². The summed E-state index contributed by atoms with van der Waals surface area (Å²) in [7, 11) is 0. The fraction of sp³-hybridized carbons (Fsp3) is 0.533. The quantitative estimate of drug-likeness (QED) is 0.675. The predicted molar refractivity (Wildman–Crippen MR) is 85.1 cm³/mol. The number of halogens is 2. The summed E-state index contributed by atoms with van der Waals surface area (Å²) in [6.45, 7) is 1.20. The first-order valence-corrected chi connectivity index (χ1v) is 7.86. The molecule has 0 unspecified atom stereocenters. The van der Waals surface area contributed by atoms with Crippen LogP contribution < -0.4 is 4.90 Å². The minimum Gasteiger partial charge on any atom is -0.389 e. The van der Waals surface area contributed by atoms with Gasteiger partial charge in [-0.25, -0.2) is 0 Å². The molecule has 0 aliphatic rings. The Morgan fingerprint density at radius 2 is 1.70 bits per heavy atom. The van der Waals surface area contributed by atoms with E-state index < -0.39 is 0 Å². The zero-order chi connectivity index (χ0) is 14.8. The molecule has 3 nitrogen and oxygen atoms in total. The van der Waals surface area contributed by atoms with Crippen molar-refractivity contribution in [3.63, 3.8) is 0 Å². The minimum atomic E-state index is -0.356.